The number of fused-ring (bicyclic) bond motifs is 6. The predicted molar refractivity (Wildman–Crippen MR) is 200 cm³/mol. The summed E-state index contributed by atoms with van der Waals surface area (Å²) in [6.07, 6.45) is 0. The Hall–Kier alpha value is -7.39. The Bertz CT molecular complexity index is 2970. The third-order valence-electron chi connectivity index (χ3n) is 9.65. The second kappa shape index (κ2) is 11.4. The highest BCUT2D eigenvalue weighted by Crippen LogP contribution is 2.42. The lowest BCUT2D eigenvalue weighted by atomic mass is 9.91. The van der Waals surface area contributed by atoms with E-state index in [4.69, 9.17) is 0 Å². The predicted octanol–water partition coefficient (Wildman–Crippen LogP) is 10.8. The van der Waals surface area contributed by atoms with Crippen molar-refractivity contribution in [3.63, 3.8) is 0 Å². The molecule has 0 saturated heterocycles. The summed E-state index contributed by atoms with van der Waals surface area (Å²) in [5.41, 5.74) is 11.5. The summed E-state index contributed by atoms with van der Waals surface area (Å²) in [7, 11) is 0. The van der Waals surface area contributed by atoms with Crippen LogP contribution in [-0.4, -0.2) is 9.13 Å². The van der Waals surface area contributed by atoms with Crippen LogP contribution in [0.25, 0.3) is 77.2 Å². The zero-order chi connectivity index (χ0) is 33.8. The van der Waals surface area contributed by atoms with Crippen molar-refractivity contribution in [2.45, 2.75) is 0 Å². The molecular formula is C45H25N5. The summed E-state index contributed by atoms with van der Waals surface area (Å²) in [5.74, 6) is 0. The Balaban J connectivity index is 1.30. The first kappa shape index (κ1) is 28.8. The number of hydrogen-bond acceptors (Lipinski definition) is 3. The Morgan fingerprint density at radius 1 is 0.380 bits per heavy atom. The monoisotopic (exact) mass is 635 g/mol. The van der Waals surface area contributed by atoms with Crippen molar-refractivity contribution in [3.8, 4) is 51.8 Å². The van der Waals surface area contributed by atoms with Crippen molar-refractivity contribution in [2.75, 3.05) is 0 Å². The van der Waals surface area contributed by atoms with Crippen LogP contribution in [0.5, 0.6) is 0 Å². The van der Waals surface area contributed by atoms with Crippen LogP contribution < -0.4 is 0 Å². The molecule has 2 aromatic heterocycles. The lowest BCUT2D eigenvalue weighted by molar-refractivity contribution is 1.18. The van der Waals surface area contributed by atoms with Gasteiger partial charge in [0, 0.05) is 38.4 Å². The highest BCUT2D eigenvalue weighted by molar-refractivity contribution is 6.12. The Labute approximate surface area is 287 Å². The highest BCUT2D eigenvalue weighted by Gasteiger charge is 2.20. The fraction of sp³-hybridized carbons (Fsp3) is 0. The van der Waals surface area contributed by atoms with Crippen LogP contribution >= 0.6 is 0 Å². The Kier molecular flexibility index (Phi) is 6.56. The number of aromatic nitrogens is 2. The zero-order valence-corrected chi connectivity index (χ0v) is 26.7. The molecule has 0 aliphatic carbocycles. The summed E-state index contributed by atoms with van der Waals surface area (Å²) in [4.78, 5) is 0. The quantitative estimate of drug-likeness (QED) is 0.193. The van der Waals surface area contributed by atoms with Gasteiger partial charge in [-0.15, -0.1) is 0 Å². The average molecular weight is 636 g/mol. The average Bonchev–Trinajstić information content (AvgIpc) is 3.70. The van der Waals surface area contributed by atoms with Crippen molar-refractivity contribution >= 4 is 43.6 Å². The van der Waals surface area contributed by atoms with E-state index in [0.29, 0.717) is 16.7 Å². The maximum Gasteiger partial charge on any atom is 0.0998 e. The summed E-state index contributed by atoms with van der Waals surface area (Å²) >= 11 is 0. The summed E-state index contributed by atoms with van der Waals surface area (Å²) in [6, 6.07) is 57.8. The van der Waals surface area contributed by atoms with Gasteiger partial charge in [-0.25, -0.2) is 0 Å². The first-order chi connectivity index (χ1) is 24.7. The smallest absolute Gasteiger partial charge is 0.0998 e. The molecule has 0 aliphatic rings. The SMILES string of the molecule is N#Cc1ccc2c(c1)c1ccccc1n2-c1ccccc1-c1ccccc1-c1cc(-n2c3ccccc3c3c(C#N)cccc32)ccc1C#N. The third-order valence-corrected chi connectivity index (χ3v) is 9.65. The van der Waals surface area contributed by atoms with Gasteiger partial charge in [-0.05, 0) is 77.9 Å². The lowest BCUT2D eigenvalue weighted by Crippen LogP contribution is -1.99. The van der Waals surface area contributed by atoms with Crippen LogP contribution in [0.1, 0.15) is 16.7 Å². The minimum atomic E-state index is 0.568. The zero-order valence-electron chi connectivity index (χ0n) is 26.7. The number of benzene rings is 7. The number of nitriles is 3. The number of hydrogen-bond donors (Lipinski definition) is 0. The Morgan fingerprint density at radius 2 is 1.00 bits per heavy atom. The van der Waals surface area contributed by atoms with E-state index >= 15 is 0 Å². The molecular weight excluding hydrogens is 611 g/mol. The maximum atomic E-state index is 10.4. The molecule has 0 unspecified atom stereocenters. The largest absolute Gasteiger partial charge is 0.309 e. The minimum absolute atomic E-state index is 0.568. The first-order valence-corrected chi connectivity index (χ1v) is 16.3. The van der Waals surface area contributed by atoms with Crippen molar-refractivity contribution in [1.82, 2.24) is 9.13 Å². The molecule has 5 heteroatoms. The molecule has 0 bridgehead atoms. The van der Waals surface area contributed by atoms with E-state index in [-0.39, 0.29) is 0 Å². The van der Waals surface area contributed by atoms with Gasteiger partial charge in [-0.1, -0.05) is 84.9 Å². The summed E-state index contributed by atoms with van der Waals surface area (Å²) in [6.45, 7) is 0. The van der Waals surface area contributed by atoms with Gasteiger partial charge in [0.2, 0.25) is 0 Å². The van der Waals surface area contributed by atoms with E-state index in [1.807, 2.05) is 97.1 Å². The lowest BCUT2D eigenvalue weighted by Gasteiger charge is -2.18. The van der Waals surface area contributed by atoms with Gasteiger partial charge in [0.05, 0.1) is 62.7 Å². The van der Waals surface area contributed by atoms with Gasteiger partial charge in [-0.3, -0.25) is 0 Å². The molecule has 7 aromatic carbocycles. The fourth-order valence-corrected chi connectivity index (χ4v) is 7.53. The number of para-hydroxylation sites is 3. The van der Waals surface area contributed by atoms with Gasteiger partial charge < -0.3 is 9.13 Å². The van der Waals surface area contributed by atoms with Crippen LogP contribution in [0.3, 0.4) is 0 Å². The van der Waals surface area contributed by atoms with Crippen LogP contribution in [0, 0.1) is 34.0 Å². The maximum absolute atomic E-state index is 10.4. The second-order valence-corrected chi connectivity index (χ2v) is 12.3. The van der Waals surface area contributed by atoms with E-state index in [9.17, 15) is 15.8 Å². The van der Waals surface area contributed by atoms with Crippen LogP contribution in [0.15, 0.2) is 152 Å². The van der Waals surface area contributed by atoms with Crippen molar-refractivity contribution in [3.05, 3.63) is 168 Å². The standard InChI is InChI=1S/C45H25N5/c46-26-29-20-23-43-39(24-29)36-14-4-7-17-41(36)50(43)40-16-6-3-13-35(40)33-11-1-2-12-34(33)38-25-32(22-21-30(38)27-47)49-42-18-8-5-15-37(42)45-31(28-48)10-9-19-44(45)49/h1-25H. The van der Waals surface area contributed by atoms with E-state index < -0.39 is 0 Å². The molecule has 5 nitrogen and oxygen atoms in total. The molecule has 0 saturated carbocycles. The molecule has 0 atom stereocenters. The van der Waals surface area contributed by atoms with Gasteiger partial charge >= 0.3 is 0 Å². The van der Waals surface area contributed by atoms with Crippen LogP contribution in [0.4, 0.5) is 0 Å². The van der Waals surface area contributed by atoms with Crippen LogP contribution in [0.2, 0.25) is 0 Å². The van der Waals surface area contributed by atoms with E-state index in [1.54, 1.807) is 0 Å². The minimum Gasteiger partial charge on any atom is -0.309 e. The third kappa shape index (κ3) is 4.24. The summed E-state index contributed by atoms with van der Waals surface area (Å²) < 4.78 is 4.45. The number of nitrogens with zero attached hydrogens (tertiary/aromatic N) is 5. The molecule has 0 fully saturated rings. The van der Waals surface area contributed by atoms with Gasteiger partial charge in [-0.2, -0.15) is 15.8 Å². The van der Waals surface area contributed by atoms with Crippen LogP contribution in [-0.2, 0) is 0 Å². The topological polar surface area (TPSA) is 81.2 Å². The highest BCUT2D eigenvalue weighted by atomic mass is 15.0. The fourth-order valence-electron chi connectivity index (χ4n) is 7.53. The molecule has 0 aliphatic heterocycles. The summed E-state index contributed by atoms with van der Waals surface area (Å²) in [5, 5.41) is 34.1. The van der Waals surface area contributed by atoms with Gasteiger partial charge in [0.25, 0.3) is 0 Å². The first-order valence-electron chi connectivity index (χ1n) is 16.3. The number of rotatable bonds is 4. The molecule has 0 amide bonds. The molecule has 0 N–H and O–H groups in total. The van der Waals surface area contributed by atoms with Crippen molar-refractivity contribution in [2.24, 2.45) is 0 Å². The molecule has 50 heavy (non-hydrogen) atoms. The molecule has 9 rings (SSSR count). The van der Waals surface area contributed by atoms with Gasteiger partial charge in [0.15, 0.2) is 0 Å². The van der Waals surface area contributed by atoms with E-state index in [2.05, 4.69) is 81.9 Å². The molecule has 0 radical (unpaired) electrons. The van der Waals surface area contributed by atoms with Crippen molar-refractivity contribution in [1.29, 1.82) is 15.8 Å². The molecule has 9 aromatic rings. The molecule has 230 valence electrons. The Morgan fingerprint density at radius 3 is 1.76 bits per heavy atom. The molecule has 0 spiro atoms. The van der Waals surface area contributed by atoms with E-state index in [0.717, 1.165) is 77.2 Å². The van der Waals surface area contributed by atoms with Gasteiger partial charge in [0.1, 0.15) is 0 Å². The molecule has 2 heterocycles. The normalized spacial score (nSPS) is 11.1. The second-order valence-electron chi connectivity index (χ2n) is 12.3. The van der Waals surface area contributed by atoms with Crippen molar-refractivity contribution < 1.29 is 0 Å². The van der Waals surface area contributed by atoms with E-state index in [1.165, 1.54) is 0 Å².